The molecule has 3 aliphatic rings. The molecule has 162 valence electrons. The fourth-order valence-electron chi connectivity index (χ4n) is 5.20. The van der Waals surface area contributed by atoms with Crippen LogP contribution in [0.1, 0.15) is 43.4 Å². The number of thioether (sulfide) groups is 1. The first kappa shape index (κ1) is 21.3. The molecule has 3 atom stereocenters. The Labute approximate surface area is 196 Å². The van der Waals surface area contributed by atoms with Crippen LogP contribution in [0.4, 0.5) is 0 Å². The SMILES string of the molecule is O=C1C(=Cc2oc(-c3ccc(Cl)cc3)cc2CCCO)SC(=S)N1C1CC2CCC1C2. The third kappa shape index (κ3) is 4.11. The van der Waals surface area contributed by atoms with Crippen molar-refractivity contribution in [3.63, 3.8) is 0 Å². The molecule has 1 saturated heterocycles. The minimum absolute atomic E-state index is 0.00472. The summed E-state index contributed by atoms with van der Waals surface area (Å²) in [6.07, 6.45) is 7.94. The second-order valence-electron chi connectivity index (χ2n) is 8.63. The molecule has 2 aromatic rings. The zero-order valence-electron chi connectivity index (χ0n) is 17.1. The third-order valence-corrected chi connectivity index (χ3v) is 8.28. The number of halogens is 1. The highest BCUT2D eigenvalue weighted by Gasteiger charge is 2.48. The van der Waals surface area contributed by atoms with Crippen LogP contribution in [-0.2, 0) is 11.2 Å². The average Bonchev–Trinajstić information content (AvgIpc) is 3.52. The van der Waals surface area contributed by atoms with Crippen LogP contribution >= 0.6 is 35.6 Å². The van der Waals surface area contributed by atoms with Gasteiger partial charge in [0, 0.05) is 29.3 Å². The molecule has 5 rings (SSSR count). The van der Waals surface area contributed by atoms with Crippen molar-refractivity contribution in [2.45, 2.75) is 44.6 Å². The minimum atomic E-state index is 0.00472. The van der Waals surface area contributed by atoms with Crippen molar-refractivity contribution in [3.05, 3.63) is 51.6 Å². The number of aliphatic hydroxyl groups excluding tert-OH is 1. The lowest BCUT2D eigenvalue weighted by atomic mass is 9.94. The van der Waals surface area contributed by atoms with E-state index in [1.54, 1.807) is 0 Å². The quantitative estimate of drug-likeness (QED) is 0.417. The van der Waals surface area contributed by atoms with Gasteiger partial charge in [-0.2, -0.15) is 0 Å². The van der Waals surface area contributed by atoms with E-state index in [9.17, 15) is 9.90 Å². The Morgan fingerprint density at radius 3 is 2.74 bits per heavy atom. The number of furan rings is 1. The Kier molecular flexibility index (Phi) is 5.99. The molecule has 0 radical (unpaired) electrons. The van der Waals surface area contributed by atoms with Crippen LogP contribution in [0.3, 0.4) is 0 Å². The summed E-state index contributed by atoms with van der Waals surface area (Å²) in [5.41, 5.74) is 1.90. The van der Waals surface area contributed by atoms with Crippen LogP contribution in [0, 0.1) is 11.8 Å². The van der Waals surface area contributed by atoms with Crippen molar-refractivity contribution in [3.8, 4) is 11.3 Å². The first-order valence-corrected chi connectivity index (χ1v) is 12.4. The van der Waals surface area contributed by atoms with Gasteiger partial charge in [-0.05, 0) is 79.8 Å². The fraction of sp³-hybridized carbons (Fsp3) is 0.417. The molecule has 1 aromatic carbocycles. The van der Waals surface area contributed by atoms with Crippen molar-refractivity contribution >= 4 is 51.9 Å². The van der Waals surface area contributed by atoms with E-state index in [4.69, 9.17) is 28.2 Å². The van der Waals surface area contributed by atoms with Crippen molar-refractivity contribution in [2.75, 3.05) is 6.61 Å². The Hall–Kier alpha value is -1.60. The maximum atomic E-state index is 13.3. The highest BCUT2D eigenvalue weighted by Crippen LogP contribution is 2.49. The molecule has 1 aromatic heterocycles. The van der Waals surface area contributed by atoms with Gasteiger partial charge in [0.1, 0.15) is 15.8 Å². The van der Waals surface area contributed by atoms with Gasteiger partial charge in [0.05, 0.1) is 4.91 Å². The summed E-state index contributed by atoms with van der Waals surface area (Å²) >= 11 is 13.0. The molecule has 1 amide bonds. The van der Waals surface area contributed by atoms with Crippen LogP contribution in [0.5, 0.6) is 0 Å². The standard InChI is InChI=1S/C24H24ClNO3S2/c25-18-7-5-15(6-8-18)20-12-17(2-1-9-27)21(29-20)13-22-23(28)26(24(30)31-22)19-11-14-3-4-16(19)10-14/h5-8,12-14,16,19,27H,1-4,9-11H2. The van der Waals surface area contributed by atoms with Gasteiger partial charge in [-0.3, -0.25) is 9.69 Å². The number of aryl methyl sites for hydroxylation is 1. The smallest absolute Gasteiger partial charge is 0.266 e. The number of nitrogens with zero attached hydrogens (tertiary/aromatic N) is 1. The van der Waals surface area contributed by atoms with Crippen LogP contribution in [0.15, 0.2) is 39.7 Å². The first-order valence-electron chi connectivity index (χ1n) is 10.8. The number of rotatable bonds is 6. The van der Waals surface area contributed by atoms with E-state index >= 15 is 0 Å². The Balaban J connectivity index is 1.44. The van der Waals surface area contributed by atoms with Gasteiger partial charge in [0.25, 0.3) is 5.91 Å². The molecule has 31 heavy (non-hydrogen) atoms. The summed E-state index contributed by atoms with van der Waals surface area (Å²) in [5, 5.41) is 9.97. The van der Waals surface area contributed by atoms with Gasteiger partial charge in [0.15, 0.2) is 0 Å². The van der Waals surface area contributed by atoms with E-state index in [1.807, 2.05) is 41.3 Å². The van der Waals surface area contributed by atoms with Gasteiger partial charge in [-0.1, -0.05) is 42.0 Å². The second-order valence-corrected chi connectivity index (χ2v) is 10.7. The highest BCUT2D eigenvalue weighted by atomic mass is 35.5. The van der Waals surface area contributed by atoms with Gasteiger partial charge in [0.2, 0.25) is 0 Å². The molecule has 3 unspecified atom stereocenters. The summed E-state index contributed by atoms with van der Waals surface area (Å²) in [4.78, 5) is 15.8. The molecule has 2 saturated carbocycles. The van der Waals surface area contributed by atoms with E-state index in [0.29, 0.717) is 38.8 Å². The Morgan fingerprint density at radius 2 is 2.06 bits per heavy atom. The van der Waals surface area contributed by atoms with Gasteiger partial charge in [-0.15, -0.1) is 0 Å². The van der Waals surface area contributed by atoms with Gasteiger partial charge >= 0.3 is 0 Å². The number of thiocarbonyl (C=S) groups is 1. The number of benzene rings is 1. The number of amides is 1. The molecule has 2 heterocycles. The average molecular weight is 474 g/mol. The Morgan fingerprint density at radius 1 is 1.26 bits per heavy atom. The topological polar surface area (TPSA) is 53.7 Å². The minimum Gasteiger partial charge on any atom is -0.456 e. The van der Waals surface area contributed by atoms with Crippen LogP contribution < -0.4 is 0 Å². The largest absolute Gasteiger partial charge is 0.456 e. The number of carbonyl (C=O) groups is 1. The summed E-state index contributed by atoms with van der Waals surface area (Å²) < 4.78 is 6.83. The summed E-state index contributed by atoms with van der Waals surface area (Å²) in [5.74, 6) is 2.73. The fourth-order valence-corrected chi connectivity index (χ4v) is 6.67. The van der Waals surface area contributed by atoms with Crippen molar-refractivity contribution in [2.24, 2.45) is 11.8 Å². The monoisotopic (exact) mass is 473 g/mol. The third-order valence-electron chi connectivity index (χ3n) is 6.69. The number of hydrogen-bond acceptors (Lipinski definition) is 5. The molecule has 7 heteroatoms. The van der Waals surface area contributed by atoms with Crippen molar-refractivity contribution < 1.29 is 14.3 Å². The highest BCUT2D eigenvalue weighted by molar-refractivity contribution is 8.26. The zero-order chi connectivity index (χ0) is 21.5. The van der Waals surface area contributed by atoms with Gasteiger partial charge in [-0.25, -0.2) is 0 Å². The molecular weight excluding hydrogens is 450 g/mol. The van der Waals surface area contributed by atoms with Crippen molar-refractivity contribution in [1.29, 1.82) is 0 Å². The molecule has 1 N–H and O–H groups in total. The maximum Gasteiger partial charge on any atom is 0.266 e. The van der Waals surface area contributed by atoms with E-state index in [2.05, 4.69) is 0 Å². The first-order chi connectivity index (χ1) is 15.0. The number of hydrogen-bond donors (Lipinski definition) is 1. The lowest BCUT2D eigenvalue weighted by Gasteiger charge is -2.30. The van der Waals surface area contributed by atoms with E-state index in [-0.39, 0.29) is 18.6 Å². The number of fused-ring (bicyclic) bond motifs is 2. The predicted molar refractivity (Wildman–Crippen MR) is 129 cm³/mol. The number of aliphatic hydroxyl groups is 1. The molecule has 2 bridgehead atoms. The molecule has 1 aliphatic heterocycles. The molecular formula is C24H24ClNO3S2. The molecule has 4 nitrogen and oxygen atoms in total. The molecule has 2 aliphatic carbocycles. The van der Waals surface area contributed by atoms with Crippen LogP contribution in [0.2, 0.25) is 5.02 Å². The zero-order valence-corrected chi connectivity index (χ0v) is 19.4. The predicted octanol–water partition coefficient (Wildman–Crippen LogP) is 5.91. The van der Waals surface area contributed by atoms with Crippen LogP contribution in [-0.4, -0.2) is 32.9 Å². The lowest BCUT2D eigenvalue weighted by Crippen LogP contribution is -2.41. The van der Waals surface area contributed by atoms with Crippen LogP contribution in [0.25, 0.3) is 17.4 Å². The van der Waals surface area contributed by atoms with Crippen molar-refractivity contribution in [1.82, 2.24) is 4.90 Å². The molecule has 0 spiro atoms. The molecule has 3 fully saturated rings. The van der Waals surface area contributed by atoms with E-state index in [1.165, 1.54) is 31.0 Å². The number of carbonyl (C=O) groups excluding carboxylic acids is 1. The summed E-state index contributed by atoms with van der Waals surface area (Å²) in [6, 6.07) is 9.72. The summed E-state index contributed by atoms with van der Waals surface area (Å²) in [7, 11) is 0. The normalized spacial score (nSPS) is 26.6. The van der Waals surface area contributed by atoms with Gasteiger partial charge < -0.3 is 9.52 Å². The maximum absolute atomic E-state index is 13.3. The second kappa shape index (κ2) is 8.74. The summed E-state index contributed by atoms with van der Waals surface area (Å²) in [6.45, 7) is 0.104. The Bertz CT molecular complexity index is 1050. The van der Waals surface area contributed by atoms with E-state index in [0.717, 1.165) is 29.2 Å². The van der Waals surface area contributed by atoms with E-state index < -0.39 is 0 Å². The lowest BCUT2D eigenvalue weighted by molar-refractivity contribution is -0.124.